The zero-order valence-electron chi connectivity index (χ0n) is 15.1. The first-order valence-corrected chi connectivity index (χ1v) is 10.3. The Morgan fingerprint density at radius 2 is 2.00 bits per heavy atom. The average Bonchev–Trinajstić information content (AvgIpc) is 2.83. The van der Waals surface area contributed by atoms with Crippen molar-refractivity contribution in [2.75, 3.05) is 17.3 Å². The molecule has 2 aromatic rings. The van der Waals surface area contributed by atoms with Gasteiger partial charge in [-0.1, -0.05) is 13.3 Å². The fourth-order valence-electron chi connectivity index (χ4n) is 2.71. The first-order valence-electron chi connectivity index (χ1n) is 8.28. The number of aryl methyl sites for hydroxylation is 1. The number of sulfone groups is 1. The number of unbranched alkanes of at least 4 members (excludes halogenated alkanes) is 1. The van der Waals surface area contributed by atoms with Gasteiger partial charge in [-0.15, -0.1) is 0 Å². The third kappa shape index (κ3) is 6.08. The van der Waals surface area contributed by atoms with Crippen LogP contribution in [-0.4, -0.2) is 32.1 Å². The number of anilines is 1. The second-order valence-electron chi connectivity index (χ2n) is 6.91. The Balaban J connectivity index is 2.05. The number of carbonyl (C=O) groups excluding carboxylic acids is 1. The number of furan rings is 1. The van der Waals surface area contributed by atoms with E-state index in [2.05, 4.69) is 12.2 Å². The summed E-state index contributed by atoms with van der Waals surface area (Å²) in [5, 5.41) is 3.53. The van der Waals surface area contributed by atoms with Crippen molar-refractivity contribution < 1.29 is 22.4 Å². The third-order valence-corrected chi connectivity index (χ3v) is 4.79. The van der Waals surface area contributed by atoms with E-state index in [0.717, 1.165) is 42.2 Å². The lowest BCUT2D eigenvalue weighted by Gasteiger charge is -2.24. The number of ether oxygens (including phenoxy) is 1. The maximum atomic E-state index is 12.0. The van der Waals surface area contributed by atoms with Gasteiger partial charge in [0.25, 0.3) is 0 Å². The van der Waals surface area contributed by atoms with Gasteiger partial charge in [0.2, 0.25) is 0 Å². The lowest BCUT2D eigenvalue weighted by Crippen LogP contribution is -2.37. The smallest absolute Gasteiger partial charge is 0.412 e. The molecule has 2 rings (SSSR count). The molecule has 0 aliphatic rings. The van der Waals surface area contributed by atoms with E-state index in [1.165, 1.54) is 0 Å². The van der Waals surface area contributed by atoms with Crippen LogP contribution in [0.15, 0.2) is 28.7 Å². The SMILES string of the molecule is CCCCc1cc2cc(NC(=O)OC(C)(C)CS(C)(=O)=O)ccc2o1. The third-order valence-electron chi connectivity index (χ3n) is 3.57. The van der Waals surface area contributed by atoms with Gasteiger partial charge in [0.05, 0.1) is 5.75 Å². The van der Waals surface area contributed by atoms with Crippen LogP contribution in [0.4, 0.5) is 10.5 Å². The molecule has 1 N–H and O–H groups in total. The molecular formula is C18H25NO5S. The summed E-state index contributed by atoms with van der Waals surface area (Å²) in [5.74, 6) is 0.681. The minimum Gasteiger partial charge on any atom is -0.461 e. The highest BCUT2D eigenvalue weighted by molar-refractivity contribution is 7.90. The number of nitrogens with one attached hydrogen (secondary N) is 1. The van der Waals surface area contributed by atoms with E-state index >= 15 is 0 Å². The van der Waals surface area contributed by atoms with Gasteiger partial charge in [-0.05, 0) is 44.5 Å². The van der Waals surface area contributed by atoms with Crippen LogP contribution in [0.1, 0.15) is 39.4 Å². The van der Waals surface area contributed by atoms with Crippen molar-refractivity contribution in [3.63, 3.8) is 0 Å². The summed E-state index contributed by atoms with van der Waals surface area (Å²) in [6, 6.07) is 7.29. The summed E-state index contributed by atoms with van der Waals surface area (Å²) in [4.78, 5) is 12.0. The van der Waals surface area contributed by atoms with E-state index in [0.29, 0.717) is 5.69 Å². The van der Waals surface area contributed by atoms with Crippen LogP contribution in [0.3, 0.4) is 0 Å². The van der Waals surface area contributed by atoms with Crippen LogP contribution < -0.4 is 5.32 Å². The molecule has 0 aliphatic heterocycles. The Morgan fingerprint density at radius 1 is 1.28 bits per heavy atom. The Kier molecular flexibility index (Phi) is 5.77. The molecule has 0 aliphatic carbocycles. The molecule has 138 valence electrons. The summed E-state index contributed by atoms with van der Waals surface area (Å²) in [7, 11) is -3.25. The molecule has 6 nitrogen and oxygen atoms in total. The normalized spacial score (nSPS) is 12.3. The van der Waals surface area contributed by atoms with Crippen LogP contribution in [0.2, 0.25) is 0 Å². The van der Waals surface area contributed by atoms with Gasteiger partial charge in [0.1, 0.15) is 16.9 Å². The molecular weight excluding hydrogens is 342 g/mol. The molecule has 0 spiro atoms. The van der Waals surface area contributed by atoms with Gasteiger partial charge in [0, 0.05) is 23.8 Å². The molecule has 0 fully saturated rings. The van der Waals surface area contributed by atoms with Gasteiger partial charge in [-0.2, -0.15) is 0 Å². The van der Waals surface area contributed by atoms with E-state index in [1.54, 1.807) is 32.0 Å². The minimum absolute atomic E-state index is 0.241. The van der Waals surface area contributed by atoms with E-state index in [9.17, 15) is 13.2 Å². The van der Waals surface area contributed by atoms with Crippen molar-refractivity contribution in [3.05, 3.63) is 30.0 Å². The largest absolute Gasteiger partial charge is 0.461 e. The number of fused-ring (bicyclic) bond motifs is 1. The van der Waals surface area contributed by atoms with Gasteiger partial charge < -0.3 is 9.15 Å². The highest BCUT2D eigenvalue weighted by atomic mass is 32.2. The van der Waals surface area contributed by atoms with Crippen molar-refractivity contribution in [2.24, 2.45) is 0 Å². The number of carbonyl (C=O) groups is 1. The fourth-order valence-corrected chi connectivity index (χ4v) is 4.03. The van der Waals surface area contributed by atoms with Gasteiger partial charge in [0.15, 0.2) is 9.84 Å². The Morgan fingerprint density at radius 3 is 2.64 bits per heavy atom. The molecule has 7 heteroatoms. The minimum atomic E-state index is -3.25. The molecule has 0 atom stereocenters. The molecule has 1 aromatic heterocycles. The molecule has 25 heavy (non-hydrogen) atoms. The zero-order valence-corrected chi connectivity index (χ0v) is 15.9. The molecule has 1 heterocycles. The lowest BCUT2D eigenvalue weighted by molar-refractivity contribution is 0.0660. The van der Waals surface area contributed by atoms with Crippen LogP contribution in [0.25, 0.3) is 11.0 Å². The molecule has 1 aromatic carbocycles. The maximum Gasteiger partial charge on any atom is 0.412 e. The number of benzene rings is 1. The fraction of sp³-hybridized carbons (Fsp3) is 0.500. The Hall–Kier alpha value is -2.02. The van der Waals surface area contributed by atoms with Crippen LogP contribution in [0.5, 0.6) is 0 Å². The van der Waals surface area contributed by atoms with E-state index in [4.69, 9.17) is 9.15 Å². The van der Waals surface area contributed by atoms with Crippen molar-refractivity contribution in [1.82, 2.24) is 0 Å². The summed E-state index contributed by atoms with van der Waals surface area (Å²) in [5.41, 5.74) is 0.225. The molecule has 0 saturated carbocycles. The zero-order chi connectivity index (χ0) is 18.7. The summed E-state index contributed by atoms with van der Waals surface area (Å²) >= 11 is 0. The topological polar surface area (TPSA) is 85.6 Å². The lowest BCUT2D eigenvalue weighted by atomic mass is 10.2. The maximum absolute atomic E-state index is 12.0. The summed E-state index contributed by atoms with van der Waals surface area (Å²) < 4.78 is 33.8. The van der Waals surface area contributed by atoms with Crippen molar-refractivity contribution in [2.45, 2.75) is 45.6 Å². The van der Waals surface area contributed by atoms with Crippen molar-refractivity contribution in [3.8, 4) is 0 Å². The Bertz CT molecular complexity index is 851. The average molecular weight is 367 g/mol. The van der Waals surface area contributed by atoms with E-state index < -0.39 is 21.5 Å². The van der Waals surface area contributed by atoms with E-state index in [1.807, 2.05) is 6.07 Å². The van der Waals surface area contributed by atoms with Crippen LogP contribution in [-0.2, 0) is 21.0 Å². The number of hydrogen-bond donors (Lipinski definition) is 1. The molecule has 0 bridgehead atoms. The predicted molar refractivity (Wildman–Crippen MR) is 98.7 cm³/mol. The molecule has 1 amide bonds. The predicted octanol–water partition coefficient (Wildman–Crippen LogP) is 4.15. The number of hydrogen-bond acceptors (Lipinski definition) is 5. The van der Waals surface area contributed by atoms with Gasteiger partial charge >= 0.3 is 6.09 Å². The summed E-state index contributed by atoms with van der Waals surface area (Å²) in [6.45, 7) is 5.25. The van der Waals surface area contributed by atoms with Gasteiger partial charge in [-0.3, -0.25) is 5.32 Å². The summed E-state index contributed by atoms with van der Waals surface area (Å²) in [6.07, 6.45) is 3.46. The highest BCUT2D eigenvalue weighted by Crippen LogP contribution is 2.24. The second-order valence-corrected chi connectivity index (χ2v) is 9.05. The standard InChI is InChI=1S/C18H25NO5S/c1-5-6-7-15-11-13-10-14(8-9-16(13)23-15)19-17(20)24-18(2,3)12-25(4,21)22/h8-11H,5-7,12H2,1-4H3,(H,19,20). The first kappa shape index (κ1) is 19.3. The quantitative estimate of drug-likeness (QED) is 0.794. The van der Waals surface area contributed by atoms with Crippen molar-refractivity contribution in [1.29, 1.82) is 0 Å². The second kappa shape index (κ2) is 7.47. The van der Waals surface area contributed by atoms with Crippen LogP contribution in [0, 0.1) is 0 Å². The van der Waals surface area contributed by atoms with Gasteiger partial charge in [-0.25, -0.2) is 13.2 Å². The number of amides is 1. The van der Waals surface area contributed by atoms with E-state index in [-0.39, 0.29) is 5.75 Å². The molecule has 0 radical (unpaired) electrons. The van der Waals surface area contributed by atoms with Crippen molar-refractivity contribution >= 4 is 32.6 Å². The number of rotatable bonds is 7. The highest BCUT2D eigenvalue weighted by Gasteiger charge is 2.27. The molecule has 0 saturated heterocycles. The molecule has 0 unspecified atom stereocenters. The Labute approximate surface area is 148 Å². The monoisotopic (exact) mass is 367 g/mol. The first-order chi connectivity index (χ1) is 11.6. The van der Waals surface area contributed by atoms with Crippen LogP contribution >= 0.6 is 0 Å².